The monoisotopic (exact) mass is 311 g/mol. The highest BCUT2D eigenvalue weighted by molar-refractivity contribution is 5.74. The SMILES string of the molecule is COc1ccc(Cc2cccc3c2CC(C(=O)O)NC3)cc1C. The molecule has 1 heterocycles. The third-order valence-electron chi connectivity index (χ3n) is 4.47. The summed E-state index contributed by atoms with van der Waals surface area (Å²) in [5, 5.41) is 12.3. The molecule has 0 aromatic heterocycles. The van der Waals surface area contributed by atoms with Crippen molar-refractivity contribution < 1.29 is 14.6 Å². The molecule has 23 heavy (non-hydrogen) atoms. The molecule has 0 amide bonds. The Balaban J connectivity index is 1.89. The van der Waals surface area contributed by atoms with Crippen LogP contribution in [-0.2, 0) is 24.2 Å². The normalized spacial score (nSPS) is 16.7. The molecule has 1 unspecified atom stereocenters. The number of hydrogen-bond donors (Lipinski definition) is 2. The first-order chi connectivity index (χ1) is 11.1. The summed E-state index contributed by atoms with van der Waals surface area (Å²) in [5.41, 5.74) is 5.90. The van der Waals surface area contributed by atoms with Crippen molar-refractivity contribution in [3.05, 3.63) is 64.2 Å². The maximum absolute atomic E-state index is 11.3. The van der Waals surface area contributed by atoms with Crippen molar-refractivity contribution in [1.29, 1.82) is 0 Å². The number of nitrogens with one attached hydrogen (secondary N) is 1. The number of hydrogen-bond acceptors (Lipinski definition) is 3. The van der Waals surface area contributed by atoms with Gasteiger partial charge in [-0.2, -0.15) is 0 Å². The second-order valence-electron chi connectivity index (χ2n) is 6.01. The molecule has 0 radical (unpaired) electrons. The van der Waals surface area contributed by atoms with E-state index in [1.54, 1.807) is 7.11 Å². The summed E-state index contributed by atoms with van der Waals surface area (Å²) < 4.78 is 5.31. The van der Waals surface area contributed by atoms with Crippen molar-refractivity contribution in [2.75, 3.05) is 7.11 Å². The molecule has 0 spiro atoms. The van der Waals surface area contributed by atoms with E-state index in [0.29, 0.717) is 13.0 Å². The lowest BCUT2D eigenvalue weighted by Crippen LogP contribution is -2.42. The number of carbonyl (C=O) groups is 1. The number of fused-ring (bicyclic) bond motifs is 1. The van der Waals surface area contributed by atoms with E-state index in [2.05, 4.69) is 29.6 Å². The van der Waals surface area contributed by atoms with E-state index in [4.69, 9.17) is 4.74 Å². The van der Waals surface area contributed by atoms with Crippen LogP contribution in [0.3, 0.4) is 0 Å². The van der Waals surface area contributed by atoms with E-state index in [0.717, 1.165) is 17.7 Å². The molecule has 0 bridgehead atoms. The molecule has 2 N–H and O–H groups in total. The fourth-order valence-corrected chi connectivity index (χ4v) is 3.24. The van der Waals surface area contributed by atoms with E-state index < -0.39 is 12.0 Å². The van der Waals surface area contributed by atoms with Gasteiger partial charge in [0.1, 0.15) is 11.8 Å². The first kappa shape index (κ1) is 15.6. The van der Waals surface area contributed by atoms with Crippen LogP contribution >= 0.6 is 0 Å². The predicted molar refractivity (Wildman–Crippen MR) is 88.9 cm³/mol. The fraction of sp³-hybridized carbons (Fsp3) is 0.316. The van der Waals surface area contributed by atoms with Crippen molar-refractivity contribution in [3.8, 4) is 5.75 Å². The van der Waals surface area contributed by atoms with E-state index in [-0.39, 0.29) is 0 Å². The zero-order chi connectivity index (χ0) is 16.4. The number of aryl methyl sites for hydroxylation is 1. The van der Waals surface area contributed by atoms with Gasteiger partial charge in [-0.05, 0) is 53.6 Å². The number of benzene rings is 2. The molecule has 2 aromatic carbocycles. The minimum absolute atomic E-state index is 0.499. The van der Waals surface area contributed by atoms with Crippen LogP contribution in [0.25, 0.3) is 0 Å². The van der Waals surface area contributed by atoms with Crippen LogP contribution in [-0.4, -0.2) is 24.2 Å². The molecule has 3 rings (SSSR count). The predicted octanol–water partition coefficient (Wildman–Crippen LogP) is 2.69. The number of aliphatic carboxylic acids is 1. The quantitative estimate of drug-likeness (QED) is 0.911. The Kier molecular flexibility index (Phi) is 4.35. The van der Waals surface area contributed by atoms with Gasteiger partial charge in [-0.3, -0.25) is 4.79 Å². The zero-order valence-corrected chi connectivity index (χ0v) is 13.4. The minimum atomic E-state index is -0.786. The van der Waals surface area contributed by atoms with E-state index in [1.807, 2.05) is 19.1 Å². The molecule has 1 aliphatic heterocycles. The van der Waals surface area contributed by atoms with Crippen LogP contribution < -0.4 is 10.1 Å². The summed E-state index contributed by atoms with van der Waals surface area (Å²) in [7, 11) is 1.68. The average Bonchev–Trinajstić information content (AvgIpc) is 2.55. The van der Waals surface area contributed by atoms with E-state index in [9.17, 15) is 9.90 Å². The Hall–Kier alpha value is -2.33. The van der Waals surface area contributed by atoms with E-state index in [1.165, 1.54) is 22.3 Å². The molecule has 1 atom stereocenters. The lowest BCUT2D eigenvalue weighted by Gasteiger charge is -2.25. The molecule has 4 nitrogen and oxygen atoms in total. The van der Waals surface area contributed by atoms with Crippen LogP contribution in [0.4, 0.5) is 0 Å². The van der Waals surface area contributed by atoms with Crippen molar-refractivity contribution >= 4 is 5.97 Å². The van der Waals surface area contributed by atoms with E-state index >= 15 is 0 Å². The van der Waals surface area contributed by atoms with Crippen LogP contribution in [0, 0.1) is 6.92 Å². The van der Waals surface area contributed by atoms with Crippen molar-refractivity contribution in [2.45, 2.75) is 32.4 Å². The summed E-state index contributed by atoms with van der Waals surface area (Å²) in [6.07, 6.45) is 1.34. The second kappa shape index (κ2) is 6.42. The highest BCUT2D eigenvalue weighted by Crippen LogP contribution is 2.25. The Bertz CT molecular complexity index is 739. The fourth-order valence-electron chi connectivity index (χ4n) is 3.24. The smallest absolute Gasteiger partial charge is 0.321 e. The van der Waals surface area contributed by atoms with Gasteiger partial charge in [0.15, 0.2) is 0 Å². The van der Waals surface area contributed by atoms with Crippen molar-refractivity contribution in [2.24, 2.45) is 0 Å². The van der Waals surface area contributed by atoms with Crippen LogP contribution in [0.15, 0.2) is 36.4 Å². The molecule has 0 aliphatic carbocycles. The largest absolute Gasteiger partial charge is 0.496 e. The minimum Gasteiger partial charge on any atom is -0.496 e. The Morgan fingerprint density at radius 3 is 2.87 bits per heavy atom. The third-order valence-corrected chi connectivity index (χ3v) is 4.47. The van der Waals surface area contributed by atoms with Gasteiger partial charge in [0, 0.05) is 6.54 Å². The first-order valence-electron chi connectivity index (χ1n) is 7.78. The number of methoxy groups -OCH3 is 1. The van der Waals surface area contributed by atoms with Crippen molar-refractivity contribution in [3.63, 3.8) is 0 Å². The lowest BCUT2D eigenvalue weighted by atomic mass is 9.88. The van der Waals surface area contributed by atoms with Crippen LogP contribution in [0.1, 0.15) is 27.8 Å². The standard InChI is InChI=1S/C19H21NO3/c1-12-8-13(6-7-18(12)23-2)9-14-4-3-5-15-11-20-17(19(21)22)10-16(14)15/h3-8,17,20H,9-11H2,1-2H3,(H,21,22). The molecular weight excluding hydrogens is 290 g/mol. The molecule has 2 aromatic rings. The molecule has 1 aliphatic rings. The number of ether oxygens (including phenoxy) is 1. The molecule has 0 fully saturated rings. The summed E-state index contributed by atoms with van der Waals surface area (Å²) in [5.74, 6) is 0.102. The topological polar surface area (TPSA) is 58.6 Å². The van der Waals surface area contributed by atoms with Gasteiger partial charge in [0.25, 0.3) is 0 Å². The van der Waals surface area contributed by atoms with Gasteiger partial charge in [-0.15, -0.1) is 0 Å². The maximum atomic E-state index is 11.3. The highest BCUT2D eigenvalue weighted by atomic mass is 16.5. The maximum Gasteiger partial charge on any atom is 0.321 e. The Morgan fingerprint density at radius 1 is 1.35 bits per heavy atom. The van der Waals surface area contributed by atoms with Crippen LogP contribution in [0.5, 0.6) is 5.75 Å². The van der Waals surface area contributed by atoms with Gasteiger partial charge in [-0.1, -0.05) is 30.3 Å². The number of rotatable bonds is 4. The first-order valence-corrected chi connectivity index (χ1v) is 7.78. The number of carboxylic acids is 1. The summed E-state index contributed by atoms with van der Waals surface area (Å²) in [4.78, 5) is 11.3. The number of carboxylic acid groups (broad SMARTS) is 1. The van der Waals surface area contributed by atoms with Gasteiger partial charge < -0.3 is 15.2 Å². The van der Waals surface area contributed by atoms with Gasteiger partial charge >= 0.3 is 5.97 Å². The molecule has 4 heteroatoms. The Morgan fingerprint density at radius 2 is 2.17 bits per heavy atom. The molecule has 120 valence electrons. The summed E-state index contributed by atoms with van der Waals surface area (Å²) in [6, 6.07) is 11.9. The third kappa shape index (κ3) is 3.22. The second-order valence-corrected chi connectivity index (χ2v) is 6.01. The molecule has 0 saturated heterocycles. The average molecular weight is 311 g/mol. The van der Waals surface area contributed by atoms with Gasteiger partial charge in [-0.25, -0.2) is 0 Å². The summed E-state index contributed by atoms with van der Waals surface area (Å²) >= 11 is 0. The molecule has 0 saturated carbocycles. The van der Waals surface area contributed by atoms with Gasteiger partial charge in [0.05, 0.1) is 7.11 Å². The Labute approximate surface area is 136 Å². The molecular formula is C19H21NO3. The van der Waals surface area contributed by atoms with Crippen molar-refractivity contribution in [1.82, 2.24) is 5.32 Å². The lowest BCUT2D eigenvalue weighted by molar-refractivity contribution is -0.139. The van der Waals surface area contributed by atoms with Gasteiger partial charge in [0.2, 0.25) is 0 Å². The highest BCUT2D eigenvalue weighted by Gasteiger charge is 2.25. The van der Waals surface area contributed by atoms with Crippen LogP contribution in [0.2, 0.25) is 0 Å². The summed E-state index contributed by atoms with van der Waals surface area (Å²) in [6.45, 7) is 2.65. The zero-order valence-electron chi connectivity index (χ0n) is 13.4.